The van der Waals surface area contributed by atoms with Crippen LogP contribution in [0.5, 0.6) is 0 Å². The van der Waals surface area contributed by atoms with Gasteiger partial charge in [0.2, 0.25) is 0 Å². The Labute approximate surface area is 748 Å². The fourth-order valence-corrected chi connectivity index (χ4v) is 22.5. The van der Waals surface area contributed by atoms with Crippen molar-refractivity contribution in [3.63, 3.8) is 0 Å². The number of hydrogen-bond acceptors (Lipinski definition) is 8. The molecule has 0 fully saturated rings. The molecule has 4 heterocycles. The lowest BCUT2D eigenvalue weighted by atomic mass is 9.85. The molecule has 28 aromatic rings. The van der Waals surface area contributed by atoms with Crippen molar-refractivity contribution in [2.45, 2.75) is 0 Å². The van der Waals surface area contributed by atoms with Gasteiger partial charge in [-0.3, -0.25) is 0 Å². The first-order chi connectivity index (χ1) is 64.4. The van der Waals surface area contributed by atoms with Gasteiger partial charge in [-0.25, -0.2) is 29.9 Å². The summed E-state index contributed by atoms with van der Waals surface area (Å²) in [6.45, 7) is 0. The third-order valence-corrected chi connectivity index (χ3v) is 28.6. The van der Waals surface area contributed by atoms with Crippen LogP contribution in [0.3, 0.4) is 0 Å². The third-order valence-electron chi connectivity index (χ3n) is 27.4. The van der Waals surface area contributed by atoms with Gasteiger partial charge in [0, 0.05) is 64.3 Å². The summed E-state index contributed by atoms with van der Waals surface area (Å²) < 4.78 is 8.93. The van der Waals surface area contributed by atoms with E-state index in [-0.39, 0.29) is 0 Å². The Morgan fingerprint density at radius 3 is 0.931 bits per heavy atom. The van der Waals surface area contributed by atoms with Crippen LogP contribution in [0.1, 0.15) is 0 Å². The lowest BCUT2D eigenvalue weighted by Gasteiger charge is -2.18. The van der Waals surface area contributed by atoms with E-state index in [9.17, 15) is 0 Å². The SMILES string of the molecule is c1ccc(-c2nc(-c3ccc(-c4ccc(-c5cc6ccc7cccc8c9cc(-c%10cccc(-c%11nc(-c%12ccc(-c%13ccc(-c%14cc%15ccc%16cccc%17c%18cccc%19ccc%20cccc(c(c%14)c%15c%16%17)c%20c%19%18)cc%13)cc%12)nc(-c%12cccc%13oc%14ccccc%14c%12%13)n%11)c%10)cc%10ccc%11cccc(c(c5)c6c78)c%11c%109)cc4)cc3)nc(-c3cccc4c3sc3ccccc34)n2)cc1. The molecule has 0 bridgehead atoms. The van der Waals surface area contributed by atoms with Crippen molar-refractivity contribution in [2.24, 2.45) is 0 Å². The number of nitrogens with zero attached hydrogens (tertiary/aromatic N) is 6. The number of hydrogen-bond donors (Lipinski definition) is 0. The van der Waals surface area contributed by atoms with Gasteiger partial charge in [0.15, 0.2) is 34.9 Å². The number of fused-ring (bicyclic) bond motifs is 10. The average Bonchev–Trinajstić information content (AvgIpc) is 0.770. The summed E-state index contributed by atoms with van der Waals surface area (Å²) in [5, 5.41) is 34.2. The molecule has 130 heavy (non-hydrogen) atoms. The molecule has 28 rings (SSSR count). The highest BCUT2D eigenvalue weighted by Gasteiger charge is 2.25. The lowest BCUT2D eigenvalue weighted by Crippen LogP contribution is -2.00. The van der Waals surface area contributed by atoms with E-state index in [2.05, 4.69) is 370 Å². The molecule has 24 aromatic carbocycles. The molecule has 0 atom stereocenters. The first-order valence-electron chi connectivity index (χ1n) is 44.2. The van der Waals surface area contributed by atoms with Crippen LogP contribution in [0.4, 0.5) is 0 Å². The minimum atomic E-state index is 0.558. The highest BCUT2D eigenvalue weighted by atomic mass is 32.1. The maximum atomic E-state index is 6.52. The minimum Gasteiger partial charge on any atom is -0.456 e. The van der Waals surface area contributed by atoms with Crippen LogP contribution in [0, 0.1) is 0 Å². The van der Waals surface area contributed by atoms with Crippen molar-refractivity contribution in [2.75, 3.05) is 0 Å². The third kappa shape index (κ3) is 11.3. The number of rotatable bonds is 11. The first-order valence-corrected chi connectivity index (χ1v) is 45.1. The summed E-state index contributed by atoms with van der Waals surface area (Å²) in [5.41, 5.74) is 18.2. The van der Waals surface area contributed by atoms with Gasteiger partial charge >= 0.3 is 0 Å². The molecular weight excluding hydrogens is 1600 g/mol. The van der Waals surface area contributed by atoms with Crippen LogP contribution in [-0.4, -0.2) is 29.9 Å². The second-order valence-corrected chi connectivity index (χ2v) is 35.6. The second kappa shape index (κ2) is 28.2. The quantitative estimate of drug-likeness (QED) is 0.119. The number of furan rings is 1. The highest BCUT2D eigenvalue weighted by molar-refractivity contribution is 7.26. The van der Waals surface area contributed by atoms with Crippen molar-refractivity contribution >= 4 is 183 Å². The van der Waals surface area contributed by atoms with Gasteiger partial charge in [0.05, 0.1) is 0 Å². The van der Waals surface area contributed by atoms with Crippen LogP contribution in [-0.2, 0) is 0 Å². The predicted molar refractivity (Wildman–Crippen MR) is 546 cm³/mol. The monoisotopic (exact) mass is 1660 g/mol. The fourth-order valence-electron chi connectivity index (χ4n) is 21.3. The fraction of sp³-hybridized carbons (Fsp3) is 0. The molecule has 0 saturated carbocycles. The Balaban J connectivity index is 0.524. The molecule has 0 N–H and O–H groups in total. The van der Waals surface area contributed by atoms with E-state index >= 15 is 0 Å². The zero-order chi connectivity index (χ0) is 84.9. The normalized spacial score (nSPS) is 12.2. The predicted octanol–water partition coefficient (Wildman–Crippen LogP) is 33.4. The van der Waals surface area contributed by atoms with E-state index in [1.54, 1.807) is 11.3 Å². The van der Waals surface area contributed by atoms with Gasteiger partial charge in [-0.1, -0.05) is 346 Å². The van der Waals surface area contributed by atoms with E-state index in [4.69, 9.17) is 34.3 Å². The van der Waals surface area contributed by atoms with Gasteiger partial charge in [-0.05, 0) is 252 Å². The first kappa shape index (κ1) is 72.3. The largest absolute Gasteiger partial charge is 0.456 e. The van der Waals surface area contributed by atoms with Gasteiger partial charge in [-0.15, -0.1) is 11.3 Å². The van der Waals surface area contributed by atoms with E-state index in [0.717, 1.165) is 111 Å². The van der Waals surface area contributed by atoms with Crippen molar-refractivity contribution in [1.82, 2.24) is 29.9 Å². The van der Waals surface area contributed by atoms with Crippen LogP contribution in [0.25, 0.3) is 295 Å². The molecule has 0 unspecified atom stereocenters. The maximum Gasteiger partial charge on any atom is 0.165 e. The van der Waals surface area contributed by atoms with Gasteiger partial charge in [-0.2, -0.15) is 0 Å². The summed E-state index contributed by atoms with van der Waals surface area (Å²) in [7, 11) is 0. The smallest absolute Gasteiger partial charge is 0.165 e. The standard InChI is InChI=1S/C122H68N6OS/c1-2-16-80(17-3-1)117-123-118(127-122(126-117)100-34-14-32-97-91-25-5-7-37-106(91)130-116(97)100)81-55-46-71(47-56-81)69-40-44-74(45-41-69)89-64-85-60-53-78-22-13-31-96-103-68-90(65-86-61-54-79-21-12-30-95(110(79)114(86)103)102(67-89)113(85)111(78)96)83-23-8-24-87(62-83)120-124-119(125-121(128-120)99-33-15-36-105-115(99)98-26-4-6-35-104(98)129-105)82-57-48-72(49-58-82)70-38-42-73(43-39-70)88-63-84-59-52-77-19-10-28-93-92-27-9-18-75-50-51-76-20-11-29-94(109(76)107(75)92)101(66-88)112(84)108(77)93/h1-68H. The molecule has 7 nitrogen and oxygen atoms in total. The average molecular weight is 1670 g/mol. The van der Waals surface area contributed by atoms with Crippen molar-refractivity contribution < 1.29 is 4.42 Å². The van der Waals surface area contributed by atoms with E-state index in [0.29, 0.717) is 34.9 Å². The Bertz CT molecular complexity index is 9650. The number of thiophene rings is 1. The summed E-state index contributed by atoms with van der Waals surface area (Å²) in [6.07, 6.45) is 0. The molecule has 0 aliphatic heterocycles. The molecule has 0 aliphatic rings. The van der Waals surface area contributed by atoms with Gasteiger partial charge in [0.25, 0.3) is 0 Å². The molecule has 4 aromatic heterocycles. The highest BCUT2D eigenvalue weighted by Crippen LogP contribution is 2.51. The Morgan fingerprint density at radius 1 is 0.154 bits per heavy atom. The molecule has 598 valence electrons. The van der Waals surface area contributed by atoms with Crippen molar-refractivity contribution in [3.05, 3.63) is 413 Å². The van der Waals surface area contributed by atoms with Crippen LogP contribution < -0.4 is 0 Å². The Morgan fingerprint density at radius 2 is 0.454 bits per heavy atom. The summed E-state index contributed by atoms with van der Waals surface area (Å²) in [6, 6.07) is 151. The van der Waals surface area contributed by atoms with Gasteiger partial charge < -0.3 is 4.42 Å². The van der Waals surface area contributed by atoms with Crippen LogP contribution >= 0.6 is 11.3 Å². The van der Waals surface area contributed by atoms with E-state index in [1.165, 1.54) is 150 Å². The molecule has 0 spiro atoms. The van der Waals surface area contributed by atoms with Gasteiger partial charge in [0.1, 0.15) is 11.2 Å². The Kier molecular flexibility index (Phi) is 15.7. The number of para-hydroxylation sites is 1. The number of aromatic nitrogens is 6. The number of benzene rings is 22. The molecule has 0 saturated heterocycles. The van der Waals surface area contributed by atoms with Crippen molar-refractivity contribution in [1.29, 1.82) is 0 Å². The lowest BCUT2D eigenvalue weighted by molar-refractivity contribution is 0.669. The van der Waals surface area contributed by atoms with Crippen LogP contribution in [0.15, 0.2) is 417 Å². The molecule has 0 aliphatic carbocycles. The van der Waals surface area contributed by atoms with E-state index < -0.39 is 0 Å². The zero-order valence-electron chi connectivity index (χ0n) is 69.8. The zero-order valence-corrected chi connectivity index (χ0v) is 70.6. The molecule has 8 heteroatoms. The summed E-state index contributed by atoms with van der Waals surface area (Å²) >= 11 is 1.78. The summed E-state index contributed by atoms with van der Waals surface area (Å²) in [5.74, 6) is 3.61. The molecule has 0 radical (unpaired) electrons. The second-order valence-electron chi connectivity index (χ2n) is 34.6. The van der Waals surface area contributed by atoms with E-state index in [1.807, 2.05) is 42.5 Å². The minimum absolute atomic E-state index is 0.558. The van der Waals surface area contributed by atoms with Crippen LogP contribution in [0.2, 0.25) is 0 Å². The summed E-state index contributed by atoms with van der Waals surface area (Å²) in [4.78, 5) is 31.9. The Hall–Kier alpha value is -17.0. The molecular formula is C122H68N6OS. The molecule has 0 amide bonds. The topological polar surface area (TPSA) is 90.5 Å². The van der Waals surface area contributed by atoms with Crippen molar-refractivity contribution in [3.8, 4) is 124 Å². The maximum absolute atomic E-state index is 6.52.